The highest BCUT2D eigenvalue weighted by atomic mass is 19.3. The first-order chi connectivity index (χ1) is 12.8. The van der Waals surface area contributed by atoms with Crippen LogP contribution >= 0.6 is 0 Å². The Morgan fingerprint density at radius 2 is 2.07 bits per heavy atom. The molecule has 0 unspecified atom stereocenters. The van der Waals surface area contributed by atoms with Gasteiger partial charge in [-0.05, 0) is 17.7 Å². The Balaban J connectivity index is 2.29. The highest BCUT2D eigenvalue weighted by molar-refractivity contribution is 5.99. The third kappa shape index (κ3) is 4.08. The number of fused-ring (bicyclic) bond motifs is 1. The molecule has 1 N–H and O–H groups in total. The molecule has 1 aromatic rings. The molecule has 2 amide bonds. The van der Waals surface area contributed by atoms with Gasteiger partial charge in [-0.3, -0.25) is 10.1 Å². The van der Waals surface area contributed by atoms with Crippen molar-refractivity contribution in [3.63, 3.8) is 0 Å². The largest absolute Gasteiger partial charge is 0.466 e. The van der Waals surface area contributed by atoms with Crippen molar-refractivity contribution in [1.29, 1.82) is 0 Å². The Hall–Kier alpha value is -3.35. The summed E-state index contributed by atoms with van der Waals surface area (Å²) in [6.45, 7) is -3.40. The maximum Gasteiger partial charge on any atom is 0.408 e. The molecule has 0 saturated heterocycles. The standard InChI is InChI=1S/C17H16F2N2O6/c1-4-17(14(23)25-2,20-16(24)26-3)9-21-8-10-5-6-11(27-15(18)19)7-12(10)13(21)22/h1,5-7,15H,8-9H2,2-3H3,(H,20,24)/t17-/m1/s1. The molecule has 1 aromatic carbocycles. The molecular weight excluding hydrogens is 366 g/mol. The van der Waals surface area contributed by atoms with Crippen LogP contribution in [0.5, 0.6) is 5.75 Å². The fourth-order valence-corrected chi connectivity index (χ4v) is 2.63. The van der Waals surface area contributed by atoms with Crippen LogP contribution in [0, 0.1) is 12.3 Å². The van der Waals surface area contributed by atoms with Crippen LogP contribution in [0.15, 0.2) is 18.2 Å². The van der Waals surface area contributed by atoms with E-state index in [1.807, 2.05) is 0 Å². The average Bonchev–Trinajstić information content (AvgIpc) is 2.95. The van der Waals surface area contributed by atoms with E-state index < -0.39 is 36.7 Å². The van der Waals surface area contributed by atoms with E-state index in [4.69, 9.17) is 6.42 Å². The molecule has 2 rings (SSSR count). The zero-order chi connectivity index (χ0) is 20.2. The van der Waals surface area contributed by atoms with E-state index >= 15 is 0 Å². The molecule has 0 bridgehead atoms. The molecule has 10 heteroatoms. The number of rotatable bonds is 6. The summed E-state index contributed by atoms with van der Waals surface area (Å²) in [5, 5.41) is 2.20. The van der Waals surface area contributed by atoms with Crippen molar-refractivity contribution in [2.24, 2.45) is 0 Å². The van der Waals surface area contributed by atoms with Gasteiger partial charge in [0.05, 0.1) is 20.8 Å². The smallest absolute Gasteiger partial charge is 0.408 e. The van der Waals surface area contributed by atoms with Gasteiger partial charge < -0.3 is 19.1 Å². The van der Waals surface area contributed by atoms with Crippen molar-refractivity contribution in [1.82, 2.24) is 10.2 Å². The summed E-state index contributed by atoms with van der Waals surface area (Å²) in [4.78, 5) is 37.6. The molecule has 8 nitrogen and oxygen atoms in total. The minimum Gasteiger partial charge on any atom is -0.466 e. The maximum absolute atomic E-state index is 12.6. The summed E-state index contributed by atoms with van der Waals surface area (Å²) in [7, 11) is 2.15. The van der Waals surface area contributed by atoms with Gasteiger partial charge in [-0.1, -0.05) is 12.0 Å². The number of methoxy groups -OCH3 is 2. The normalized spacial score (nSPS) is 14.8. The van der Waals surface area contributed by atoms with Gasteiger partial charge in [0.15, 0.2) is 0 Å². The predicted molar refractivity (Wildman–Crippen MR) is 86.9 cm³/mol. The van der Waals surface area contributed by atoms with E-state index in [0.717, 1.165) is 14.2 Å². The number of nitrogens with one attached hydrogen (secondary N) is 1. The molecule has 144 valence electrons. The van der Waals surface area contributed by atoms with Gasteiger partial charge in [-0.2, -0.15) is 8.78 Å². The predicted octanol–water partition coefficient (Wildman–Crippen LogP) is 1.14. The number of terminal acetylenes is 1. The van der Waals surface area contributed by atoms with Crippen molar-refractivity contribution < 1.29 is 37.4 Å². The number of esters is 1. The van der Waals surface area contributed by atoms with E-state index in [1.54, 1.807) is 0 Å². The van der Waals surface area contributed by atoms with Crippen LogP contribution in [-0.4, -0.2) is 55.8 Å². The Kier molecular flexibility index (Phi) is 5.85. The molecule has 1 aliphatic rings. The lowest BCUT2D eigenvalue weighted by Crippen LogP contribution is -2.60. The molecular formula is C17H16F2N2O6. The molecule has 0 aromatic heterocycles. The zero-order valence-electron chi connectivity index (χ0n) is 14.5. The van der Waals surface area contributed by atoms with Crippen molar-refractivity contribution in [3.05, 3.63) is 29.3 Å². The molecule has 1 atom stereocenters. The van der Waals surface area contributed by atoms with Crippen molar-refractivity contribution in [2.75, 3.05) is 20.8 Å². The van der Waals surface area contributed by atoms with E-state index in [1.165, 1.54) is 23.1 Å². The number of benzene rings is 1. The first kappa shape index (κ1) is 20.0. The number of nitrogens with zero attached hydrogens (tertiary/aromatic N) is 1. The van der Waals surface area contributed by atoms with Gasteiger partial charge in [0.2, 0.25) is 5.54 Å². The van der Waals surface area contributed by atoms with Crippen LogP contribution in [0.2, 0.25) is 0 Å². The fraction of sp³-hybridized carbons (Fsp3) is 0.353. The summed E-state index contributed by atoms with van der Waals surface area (Å²) < 4.78 is 38.1. The highest BCUT2D eigenvalue weighted by Gasteiger charge is 2.44. The van der Waals surface area contributed by atoms with Crippen molar-refractivity contribution in [2.45, 2.75) is 18.7 Å². The van der Waals surface area contributed by atoms with E-state index in [2.05, 4.69) is 25.4 Å². The number of carbonyl (C=O) groups is 3. The first-order valence-corrected chi connectivity index (χ1v) is 7.55. The number of halogens is 2. The van der Waals surface area contributed by atoms with Crippen LogP contribution in [0.1, 0.15) is 15.9 Å². The van der Waals surface area contributed by atoms with Gasteiger partial charge in [0.1, 0.15) is 5.75 Å². The molecule has 0 fully saturated rings. The van der Waals surface area contributed by atoms with Crippen LogP contribution in [-0.2, 0) is 20.8 Å². The monoisotopic (exact) mass is 382 g/mol. The number of alkyl halides is 2. The van der Waals surface area contributed by atoms with Gasteiger partial charge >= 0.3 is 18.7 Å². The van der Waals surface area contributed by atoms with E-state index in [9.17, 15) is 23.2 Å². The minimum atomic E-state index is -3.03. The number of hydrogen-bond acceptors (Lipinski definition) is 6. The van der Waals surface area contributed by atoms with E-state index in [-0.39, 0.29) is 17.9 Å². The summed E-state index contributed by atoms with van der Waals surface area (Å²) in [5.41, 5.74) is -1.33. The number of amides is 2. The SMILES string of the molecule is C#C[C@](CN1Cc2ccc(OC(F)F)cc2C1=O)(NC(=O)OC)C(=O)OC. The Morgan fingerprint density at radius 3 is 2.63 bits per heavy atom. The molecule has 0 aliphatic carbocycles. The lowest BCUT2D eigenvalue weighted by Gasteiger charge is -2.30. The summed E-state index contributed by atoms with van der Waals surface area (Å²) in [5.74, 6) is 0.420. The van der Waals surface area contributed by atoms with Crippen LogP contribution in [0.25, 0.3) is 0 Å². The van der Waals surface area contributed by atoms with Crippen LogP contribution in [0.4, 0.5) is 13.6 Å². The number of hydrogen-bond donors (Lipinski definition) is 1. The van der Waals surface area contributed by atoms with Crippen LogP contribution in [0.3, 0.4) is 0 Å². The molecule has 0 spiro atoms. The molecule has 0 saturated carbocycles. The second-order valence-electron chi connectivity index (χ2n) is 5.52. The van der Waals surface area contributed by atoms with Gasteiger partial charge in [0.25, 0.3) is 5.91 Å². The van der Waals surface area contributed by atoms with Gasteiger partial charge in [0, 0.05) is 12.1 Å². The topological polar surface area (TPSA) is 94.2 Å². The molecule has 27 heavy (non-hydrogen) atoms. The molecule has 1 aliphatic heterocycles. The van der Waals surface area contributed by atoms with Crippen molar-refractivity contribution in [3.8, 4) is 18.1 Å². The third-order valence-corrected chi connectivity index (χ3v) is 3.89. The Morgan fingerprint density at radius 1 is 1.37 bits per heavy atom. The first-order valence-electron chi connectivity index (χ1n) is 7.55. The summed E-state index contributed by atoms with van der Waals surface area (Å²) in [6.07, 6.45) is 4.44. The van der Waals surface area contributed by atoms with Gasteiger partial charge in [-0.15, -0.1) is 6.42 Å². The van der Waals surface area contributed by atoms with Crippen molar-refractivity contribution >= 4 is 18.0 Å². The second kappa shape index (κ2) is 7.90. The summed E-state index contributed by atoms with van der Waals surface area (Å²) in [6, 6.07) is 3.92. The highest BCUT2D eigenvalue weighted by Crippen LogP contribution is 2.29. The second-order valence-corrected chi connectivity index (χ2v) is 5.52. The van der Waals surface area contributed by atoms with E-state index in [0.29, 0.717) is 5.56 Å². The Labute approximate surface area is 153 Å². The number of ether oxygens (including phenoxy) is 3. The zero-order valence-corrected chi connectivity index (χ0v) is 14.5. The lowest BCUT2D eigenvalue weighted by molar-refractivity contribution is -0.146. The lowest BCUT2D eigenvalue weighted by atomic mass is 10.00. The maximum atomic E-state index is 12.6. The molecule has 0 radical (unpaired) electrons. The van der Waals surface area contributed by atoms with Gasteiger partial charge in [-0.25, -0.2) is 9.59 Å². The summed E-state index contributed by atoms with van der Waals surface area (Å²) >= 11 is 0. The molecule has 1 heterocycles. The third-order valence-electron chi connectivity index (χ3n) is 3.89. The van der Waals surface area contributed by atoms with Crippen LogP contribution < -0.4 is 10.1 Å². The number of alkyl carbamates (subject to hydrolysis) is 1. The average molecular weight is 382 g/mol. The quantitative estimate of drug-likeness (QED) is 0.586. The fourth-order valence-electron chi connectivity index (χ4n) is 2.63. The minimum absolute atomic E-state index is 0.0480. The number of carbonyl (C=O) groups excluding carboxylic acids is 3. The Bertz CT molecular complexity index is 807.